The molecule has 0 spiro atoms. The van der Waals surface area contributed by atoms with Crippen LogP contribution in [0.5, 0.6) is 0 Å². The Labute approximate surface area is 46.6 Å². The van der Waals surface area contributed by atoms with Gasteiger partial charge >= 0.3 is 5.97 Å². The monoisotopic (exact) mass is 113 g/mol. The molecule has 0 rings (SSSR count). The number of carbonyl (C=O) groups is 1. The molecule has 0 aromatic carbocycles. The van der Waals surface area contributed by atoms with Crippen LogP contribution in [0.2, 0.25) is 0 Å². The topological polar surface area (TPSA) is 54.4 Å². The molecule has 1 radical (unpaired) electrons. The van der Waals surface area contributed by atoms with Crippen LogP contribution in [-0.4, -0.2) is 17.4 Å². The molecule has 3 nitrogen and oxygen atoms in total. The highest BCUT2D eigenvalue weighted by molar-refractivity contribution is 5.88. The molecule has 3 heteroatoms. The number of aliphatic carboxylic acids is 1. The fourth-order valence-corrected chi connectivity index (χ4v) is 0.215. The molecule has 0 aliphatic carbocycles. The van der Waals surface area contributed by atoms with Crippen LogP contribution in [0.4, 0.5) is 0 Å². The molecule has 0 unspecified atom stereocenters. The van der Waals surface area contributed by atoms with E-state index in [-0.39, 0.29) is 5.57 Å². The van der Waals surface area contributed by atoms with Crippen molar-refractivity contribution in [2.75, 3.05) is 0 Å². The Bertz CT molecular complexity index is 135. The van der Waals surface area contributed by atoms with Gasteiger partial charge in [-0.2, -0.15) is 0 Å². The molecule has 0 heterocycles. The Morgan fingerprint density at radius 2 is 2.25 bits per heavy atom. The van der Waals surface area contributed by atoms with E-state index < -0.39 is 5.97 Å². The van der Waals surface area contributed by atoms with Crippen molar-refractivity contribution in [2.24, 2.45) is 0 Å². The van der Waals surface area contributed by atoms with Gasteiger partial charge in [-0.25, -0.2) is 4.79 Å². The van der Waals surface area contributed by atoms with Crippen molar-refractivity contribution in [1.82, 2.24) is 0 Å². The fourth-order valence-electron chi connectivity index (χ4n) is 0.215. The van der Waals surface area contributed by atoms with E-state index in [9.17, 15) is 9.59 Å². The molecule has 0 amide bonds. The molecule has 0 bridgehead atoms. The van der Waals surface area contributed by atoms with Gasteiger partial charge in [0.15, 0.2) is 0 Å². The number of carboxylic acids is 1. The molecule has 0 atom stereocenters. The van der Waals surface area contributed by atoms with Crippen molar-refractivity contribution >= 4 is 12.3 Å². The second kappa shape index (κ2) is 2.96. The minimum absolute atomic E-state index is 0.0949. The molecule has 0 aliphatic rings. The molecule has 1 N–H and O–H groups in total. The first-order valence-corrected chi connectivity index (χ1v) is 1.96. The van der Waals surface area contributed by atoms with Crippen LogP contribution in [0.25, 0.3) is 0 Å². The second-order valence-electron chi connectivity index (χ2n) is 1.27. The van der Waals surface area contributed by atoms with E-state index in [2.05, 4.69) is 0 Å². The van der Waals surface area contributed by atoms with Crippen molar-refractivity contribution in [3.63, 3.8) is 0 Å². The van der Waals surface area contributed by atoms with Crippen LogP contribution in [0, 0.1) is 0 Å². The Morgan fingerprint density at radius 3 is 2.38 bits per heavy atom. The average molecular weight is 113 g/mol. The molecule has 0 saturated carbocycles. The quantitative estimate of drug-likeness (QED) is 0.518. The lowest BCUT2D eigenvalue weighted by Crippen LogP contribution is -1.89. The first-order valence-electron chi connectivity index (χ1n) is 1.96. The second-order valence-corrected chi connectivity index (χ2v) is 1.27. The third kappa shape index (κ3) is 3.08. The van der Waals surface area contributed by atoms with E-state index in [4.69, 9.17) is 5.11 Å². The van der Waals surface area contributed by atoms with Crippen LogP contribution in [0.15, 0.2) is 11.6 Å². The summed E-state index contributed by atoms with van der Waals surface area (Å²) >= 11 is 0. The minimum Gasteiger partial charge on any atom is -0.478 e. The Hall–Kier alpha value is -1.12. The van der Waals surface area contributed by atoms with Gasteiger partial charge in [-0.15, -0.1) is 0 Å². The maximum atomic E-state index is 9.71. The lowest BCUT2D eigenvalue weighted by molar-refractivity contribution is -0.131. The normalized spacial score (nSPS) is 10.9. The summed E-state index contributed by atoms with van der Waals surface area (Å²) in [5.41, 5.74) is 0.0949. The van der Waals surface area contributed by atoms with Gasteiger partial charge in [0.25, 0.3) is 0 Å². The predicted octanol–water partition coefficient (Wildman–Crippen LogP) is 0.127. The molecular formula is C5H5O3. The summed E-state index contributed by atoms with van der Waals surface area (Å²) in [5.74, 6) is -1.12. The molecule has 0 aromatic heterocycles. The highest BCUT2D eigenvalue weighted by atomic mass is 16.4. The summed E-state index contributed by atoms with van der Waals surface area (Å²) in [7, 11) is 0. The minimum atomic E-state index is -1.12. The van der Waals surface area contributed by atoms with E-state index in [1.54, 1.807) is 0 Å². The standard InChI is InChI=1S/C5H5O3/c1-4(3-6)2-5(7)8/h2H,1H3,(H,7,8)/b4-2-. The van der Waals surface area contributed by atoms with Gasteiger partial charge in [-0.05, 0) is 6.92 Å². The Morgan fingerprint density at radius 1 is 1.75 bits per heavy atom. The zero-order chi connectivity index (χ0) is 6.57. The third-order valence-electron chi connectivity index (χ3n) is 0.501. The fraction of sp³-hybridized carbons (Fsp3) is 0.200. The van der Waals surface area contributed by atoms with Crippen molar-refractivity contribution in [3.05, 3.63) is 11.6 Å². The maximum Gasteiger partial charge on any atom is 0.328 e. The molecule has 0 aliphatic heterocycles. The summed E-state index contributed by atoms with van der Waals surface area (Å²) in [6.45, 7) is 1.38. The summed E-state index contributed by atoms with van der Waals surface area (Å²) in [6, 6.07) is 0. The molecule has 0 fully saturated rings. The van der Waals surface area contributed by atoms with Crippen LogP contribution in [0.1, 0.15) is 6.92 Å². The van der Waals surface area contributed by atoms with Gasteiger partial charge < -0.3 is 5.11 Å². The van der Waals surface area contributed by atoms with Gasteiger partial charge in [-0.3, -0.25) is 4.79 Å². The van der Waals surface area contributed by atoms with E-state index >= 15 is 0 Å². The molecule has 0 saturated heterocycles. The van der Waals surface area contributed by atoms with Gasteiger partial charge in [0.1, 0.15) is 0 Å². The zero-order valence-corrected chi connectivity index (χ0v) is 4.34. The van der Waals surface area contributed by atoms with Gasteiger partial charge in [0.2, 0.25) is 6.29 Å². The van der Waals surface area contributed by atoms with E-state index in [1.165, 1.54) is 13.2 Å². The van der Waals surface area contributed by atoms with Crippen LogP contribution >= 0.6 is 0 Å². The third-order valence-corrected chi connectivity index (χ3v) is 0.501. The largest absolute Gasteiger partial charge is 0.478 e. The number of carbonyl (C=O) groups excluding carboxylic acids is 1. The lowest BCUT2D eigenvalue weighted by atomic mass is 10.3. The smallest absolute Gasteiger partial charge is 0.328 e. The van der Waals surface area contributed by atoms with Crippen LogP contribution < -0.4 is 0 Å². The molecular weight excluding hydrogens is 108 g/mol. The Kier molecular flexibility index (Phi) is 2.54. The lowest BCUT2D eigenvalue weighted by Gasteiger charge is -1.78. The van der Waals surface area contributed by atoms with Crippen molar-refractivity contribution in [2.45, 2.75) is 6.92 Å². The molecule has 8 heavy (non-hydrogen) atoms. The SMILES string of the molecule is C/C([C]=O)=C/C(=O)O. The van der Waals surface area contributed by atoms with E-state index in [0.29, 0.717) is 0 Å². The zero-order valence-electron chi connectivity index (χ0n) is 4.34. The van der Waals surface area contributed by atoms with Gasteiger partial charge in [0.05, 0.1) is 0 Å². The number of hydrogen-bond acceptors (Lipinski definition) is 2. The number of rotatable bonds is 2. The number of allylic oxidation sites excluding steroid dienone is 1. The highest BCUT2D eigenvalue weighted by Gasteiger charge is 1.89. The maximum absolute atomic E-state index is 9.71. The Balaban J connectivity index is 3.94. The van der Waals surface area contributed by atoms with Crippen molar-refractivity contribution < 1.29 is 14.7 Å². The van der Waals surface area contributed by atoms with E-state index in [1.807, 2.05) is 0 Å². The number of hydrogen-bond donors (Lipinski definition) is 1. The first-order chi connectivity index (χ1) is 3.66. The average Bonchev–Trinajstić information content (AvgIpc) is 1.65. The first kappa shape index (κ1) is 6.88. The van der Waals surface area contributed by atoms with E-state index in [0.717, 1.165) is 6.08 Å². The number of carboxylic acid groups (broad SMARTS) is 1. The van der Waals surface area contributed by atoms with Crippen LogP contribution in [-0.2, 0) is 9.59 Å². The molecule has 43 valence electrons. The summed E-state index contributed by atoms with van der Waals surface area (Å²) < 4.78 is 0. The van der Waals surface area contributed by atoms with Crippen LogP contribution in [0.3, 0.4) is 0 Å². The summed E-state index contributed by atoms with van der Waals surface area (Å²) in [5, 5.41) is 7.96. The summed E-state index contributed by atoms with van der Waals surface area (Å²) in [4.78, 5) is 19.3. The summed E-state index contributed by atoms with van der Waals surface area (Å²) in [6.07, 6.45) is 2.23. The van der Waals surface area contributed by atoms with Crippen molar-refractivity contribution in [1.29, 1.82) is 0 Å². The van der Waals surface area contributed by atoms with Gasteiger partial charge in [-0.1, -0.05) is 0 Å². The highest BCUT2D eigenvalue weighted by Crippen LogP contribution is 1.83. The molecule has 0 aromatic rings. The van der Waals surface area contributed by atoms with Gasteiger partial charge in [0, 0.05) is 11.6 Å². The van der Waals surface area contributed by atoms with Crippen molar-refractivity contribution in [3.8, 4) is 0 Å². The predicted molar refractivity (Wildman–Crippen MR) is 27.1 cm³/mol.